The lowest BCUT2D eigenvalue weighted by Crippen LogP contribution is -2.35. The van der Waals surface area contributed by atoms with Crippen molar-refractivity contribution in [1.82, 2.24) is 9.78 Å². The number of hydrogen-bond donors (Lipinski definition) is 0. The van der Waals surface area contributed by atoms with Crippen LogP contribution in [0.15, 0.2) is 12.4 Å². The van der Waals surface area contributed by atoms with Crippen LogP contribution in [0.2, 0.25) is 0 Å². The van der Waals surface area contributed by atoms with E-state index in [1.807, 2.05) is 0 Å². The maximum absolute atomic E-state index is 12.0. The highest BCUT2D eigenvalue weighted by Crippen LogP contribution is 2.23. The van der Waals surface area contributed by atoms with Gasteiger partial charge >= 0.3 is 5.97 Å². The van der Waals surface area contributed by atoms with Gasteiger partial charge in [0, 0.05) is 13.2 Å². The molecule has 0 radical (unpaired) electrons. The average molecular weight is 224 g/mol. The van der Waals surface area contributed by atoms with Crippen LogP contribution in [0.4, 0.5) is 0 Å². The minimum absolute atomic E-state index is 0.266. The van der Waals surface area contributed by atoms with Crippen LogP contribution >= 0.6 is 0 Å². The second kappa shape index (κ2) is 4.47. The van der Waals surface area contributed by atoms with Gasteiger partial charge in [-0.05, 0) is 20.8 Å². The molecule has 88 valence electrons. The van der Waals surface area contributed by atoms with Gasteiger partial charge in [-0.1, -0.05) is 0 Å². The number of nitrogens with zero attached hydrogens (tertiary/aromatic N) is 2. The summed E-state index contributed by atoms with van der Waals surface area (Å²) in [6.45, 7) is 5.09. The van der Waals surface area contributed by atoms with Crippen LogP contribution in [-0.4, -0.2) is 28.1 Å². The molecule has 16 heavy (non-hydrogen) atoms. The fourth-order valence-electron chi connectivity index (χ4n) is 1.30. The first-order valence-electron chi connectivity index (χ1n) is 5.10. The average Bonchev–Trinajstić information content (AvgIpc) is 2.64. The van der Waals surface area contributed by atoms with Crippen molar-refractivity contribution in [3.05, 3.63) is 18.0 Å². The zero-order valence-electron chi connectivity index (χ0n) is 9.98. The molecule has 0 amide bonds. The Hall–Kier alpha value is -1.65. The van der Waals surface area contributed by atoms with Gasteiger partial charge in [0.2, 0.25) is 0 Å². The number of Topliss-reactive ketones (excluding diaryl/α,β-unsaturated/α-hetero) is 1. The largest absolute Gasteiger partial charge is 0.465 e. The number of ketones is 1. The lowest BCUT2D eigenvalue weighted by Gasteiger charge is -2.19. The highest BCUT2D eigenvalue weighted by atomic mass is 16.5. The topological polar surface area (TPSA) is 61.2 Å². The van der Waals surface area contributed by atoms with Crippen molar-refractivity contribution in [3.63, 3.8) is 0 Å². The van der Waals surface area contributed by atoms with E-state index in [0.717, 1.165) is 0 Å². The van der Waals surface area contributed by atoms with Crippen LogP contribution in [0.5, 0.6) is 0 Å². The molecule has 1 aromatic heterocycles. The van der Waals surface area contributed by atoms with Crippen LogP contribution in [0.1, 0.15) is 31.1 Å². The Bertz CT molecular complexity index is 407. The molecule has 0 bridgehead atoms. The van der Waals surface area contributed by atoms with Crippen molar-refractivity contribution in [2.45, 2.75) is 20.8 Å². The standard InChI is InChI=1S/C11H16N2O3/c1-5-16-10(15)11(2,3)9(14)8-6-12-13(4)7-8/h6-7H,5H2,1-4H3. The SMILES string of the molecule is CCOC(=O)C(C)(C)C(=O)c1cnn(C)c1. The van der Waals surface area contributed by atoms with Gasteiger partial charge < -0.3 is 4.74 Å². The van der Waals surface area contributed by atoms with Gasteiger partial charge in [-0.3, -0.25) is 14.3 Å². The van der Waals surface area contributed by atoms with Gasteiger partial charge in [0.05, 0.1) is 18.4 Å². The van der Waals surface area contributed by atoms with Gasteiger partial charge in [-0.15, -0.1) is 0 Å². The minimum Gasteiger partial charge on any atom is -0.465 e. The van der Waals surface area contributed by atoms with E-state index < -0.39 is 11.4 Å². The molecule has 0 saturated heterocycles. The molecule has 0 atom stereocenters. The fraction of sp³-hybridized carbons (Fsp3) is 0.545. The number of carbonyl (C=O) groups is 2. The van der Waals surface area contributed by atoms with Gasteiger partial charge in [-0.2, -0.15) is 5.10 Å². The Morgan fingerprint density at radius 3 is 2.56 bits per heavy atom. The van der Waals surface area contributed by atoms with Crippen molar-refractivity contribution < 1.29 is 14.3 Å². The van der Waals surface area contributed by atoms with E-state index in [4.69, 9.17) is 4.74 Å². The van der Waals surface area contributed by atoms with Crippen molar-refractivity contribution in [2.24, 2.45) is 12.5 Å². The van der Waals surface area contributed by atoms with E-state index in [-0.39, 0.29) is 12.4 Å². The summed E-state index contributed by atoms with van der Waals surface area (Å²) >= 11 is 0. The Kier molecular flexibility index (Phi) is 3.47. The molecule has 0 saturated carbocycles. The Balaban J connectivity index is 2.91. The van der Waals surface area contributed by atoms with Gasteiger partial charge in [0.1, 0.15) is 5.41 Å². The Labute approximate surface area is 94.4 Å². The maximum atomic E-state index is 12.0. The summed E-state index contributed by atoms with van der Waals surface area (Å²) in [5.41, 5.74) is -0.750. The third kappa shape index (κ3) is 2.29. The highest BCUT2D eigenvalue weighted by Gasteiger charge is 2.38. The predicted octanol–water partition coefficient (Wildman–Crippen LogP) is 1.19. The maximum Gasteiger partial charge on any atom is 0.319 e. The highest BCUT2D eigenvalue weighted by molar-refractivity contribution is 6.11. The van der Waals surface area contributed by atoms with Gasteiger partial charge in [-0.25, -0.2) is 0 Å². The predicted molar refractivity (Wildman–Crippen MR) is 58.0 cm³/mol. The van der Waals surface area contributed by atoms with Crippen LogP contribution in [0.25, 0.3) is 0 Å². The van der Waals surface area contributed by atoms with Gasteiger partial charge in [0.15, 0.2) is 5.78 Å². The summed E-state index contributed by atoms with van der Waals surface area (Å²) in [5, 5.41) is 3.90. The molecular formula is C11H16N2O3. The molecule has 0 aromatic carbocycles. The Morgan fingerprint density at radius 1 is 1.50 bits per heavy atom. The minimum atomic E-state index is -1.17. The molecule has 0 aliphatic heterocycles. The summed E-state index contributed by atoms with van der Waals surface area (Å²) in [6.07, 6.45) is 3.03. The number of aryl methyl sites for hydroxylation is 1. The third-order valence-electron chi connectivity index (χ3n) is 2.32. The summed E-state index contributed by atoms with van der Waals surface area (Å²) in [4.78, 5) is 23.7. The van der Waals surface area contributed by atoms with E-state index in [0.29, 0.717) is 5.56 Å². The van der Waals surface area contributed by atoms with Crippen molar-refractivity contribution in [3.8, 4) is 0 Å². The molecule has 0 spiro atoms. The zero-order chi connectivity index (χ0) is 12.3. The van der Waals surface area contributed by atoms with Crippen LogP contribution in [0, 0.1) is 5.41 Å². The molecule has 0 fully saturated rings. The molecule has 0 N–H and O–H groups in total. The first kappa shape index (κ1) is 12.4. The second-order valence-corrected chi connectivity index (χ2v) is 4.08. The van der Waals surface area contributed by atoms with Crippen molar-refractivity contribution >= 4 is 11.8 Å². The molecule has 1 aromatic rings. The van der Waals surface area contributed by atoms with E-state index in [2.05, 4.69) is 5.10 Å². The van der Waals surface area contributed by atoms with Crippen molar-refractivity contribution in [2.75, 3.05) is 6.61 Å². The smallest absolute Gasteiger partial charge is 0.319 e. The summed E-state index contributed by atoms with van der Waals surface area (Å²) < 4.78 is 6.39. The monoisotopic (exact) mass is 224 g/mol. The first-order valence-corrected chi connectivity index (χ1v) is 5.10. The van der Waals surface area contributed by atoms with E-state index in [1.54, 1.807) is 34.0 Å². The van der Waals surface area contributed by atoms with Crippen LogP contribution in [0.3, 0.4) is 0 Å². The van der Waals surface area contributed by atoms with E-state index in [1.165, 1.54) is 10.9 Å². The lowest BCUT2D eigenvalue weighted by atomic mass is 9.85. The molecule has 5 nitrogen and oxygen atoms in total. The quantitative estimate of drug-likeness (QED) is 0.438. The van der Waals surface area contributed by atoms with Crippen molar-refractivity contribution in [1.29, 1.82) is 0 Å². The van der Waals surface area contributed by atoms with Crippen LogP contribution in [-0.2, 0) is 16.6 Å². The third-order valence-corrected chi connectivity index (χ3v) is 2.32. The summed E-state index contributed by atoms with van der Waals surface area (Å²) in [7, 11) is 1.72. The number of esters is 1. The molecule has 0 unspecified atom stereocenters. The number of ether oxygens (including phenoxy) is 1. The number of carbonyl (C=O) groups excluding carboxylic acids is 2. The number of aromatic nitrogens is 2. The molecule has 5 heteroatoms. The summed E-state index contributed by atoms with van der Waals surface area (Å²) in [6, 6.07) is 0. The number of hydrogen-bond acceptors (Lipinski definition) is 4. The molecule has 0 aliphatic rings. The molecule has 0 aliphatic carbocycles. The van der Waals surface area contributed by atoms with Gasteiger partial charge in [0.25, 0.3) is 0 Å². The first-order chi connectivity index (χ1) is 7.39. The second-order valence-electron chi connectivity index (χ2n) is 4.08. The Morgan fingerprint density at radius 2 is 2.12 bits per heavy atom. The lowest BCUT2D eigenvalue weighted by molar-refractivity contribution is -0.150. The fourth-order valence-corrected chi connectivity index (χ4v) is 1.30. The van der Waals surface area contributed by atoms with E-state index >= 15 is 0 Å². The molecule has 1 heterocycles. The number of rotatable bonds is 4. The summed E-state index contributed by atoms with van der Waals surface area (Å²) in [5.74, 6) is -0.789. The van der Waals surface area contributed by atoms with Crippen LogP contribution < -0.4 is 0 Å². The normalized spacial score (nSPS) is 11.2. The molecule has 1 rings (SSSR count). The molecular weight excluding hydrogens is 208 g/mol. The van der Waals surface area contributed by atoms with E-state index in [9.17, 15) is 9.59 Å². The zero-order valence-corrected chi connectivity index (χ0v) is 9.98.